The summed E-state index contributed by atoms with van der Waals surface area (Å²) in [5.41, 5.74) is 0.293. The second-order valence-electron chi connectivity index (χ2n) is 3.58. The van der Waals surface area contributed by atoms with E-state index >= 15 is 0 Å². The molecule has 110 valence electrons. The van der Waals surface area contributed by atoms with E-state index in [1.807, 2.05) is 6.92 Å². The van der Waals surface area contributed by atoms with Crippen LogP contribution in [0, 0.1) is 0 Å². The lowest BCUT2D eigenvalue weighted by molar-refractivity contribution is 0.0681. The minimum Gasteiger partial charge on any atom is -0.478 e. The summed E-state index contributed by atoms with van der Waals surface area (Å²) < 4.78 is 0. The van der Waals surface area contributed by atoms with Gasteiger partial charge in [0, 0.05) is 13.6 Å². The number of carboxylic acid groups (broad SMARTS) is 1. The topological polar surface area (TPSA) is 57.6 Å². The van der Waals surface area contributed by atoms with Gasteiger partial charge in [-0.05, 0) is 18.6 Å². The van der Waals surface area contributed by atoms with Gasteiger partial charge in [0.05, 0.1) is 11.1 Å². The second kappa shape index (κ2) is 10.1. The van der Waals surface area contributed by atoms with Crippen LogP contribution in [0.2, 0.25) is 0 Å². The molecule has 0 radical (unpaired) electrons. The van der Waals surface area contributed by atoms with Crippen LogP contribution in [-0.4, -0.2) is 35.5 Å². The SMILES string of the molecule is C.C.C.CCCN(C)C(=O)c1ccccc1C(=O)O. The van der Waals surface area contributed by atoms with Crippen molar-refractivity contribution in [2.45, 2.75) is 35.6 Å². The molecule has 0 fully saturated rings. The van der Waals surface area contributed by atoms with Crippen molar-refractivity contribution in [2.75, 3.05) is 13.6 Å². The Kier molecular flexibility index (Phi) is 11.9. The van der Waals surface area contributed by atoms with E-state index in [1.54, 1.807) is 19.2 Å². The molecule has 0 aliphatic carbocycles. The molecule has 1 N–H and O–H groups in total. The first-order valence-electron chi connectivity index (χ1n) is 5.15. The molecule has 0 spiro atoms. The molecule has 4 heteroatoms. The van der Waals surface area contributed by atoms with Crippen molar-refractivity contribution in [3.05, 3.63) is 35.4 Å². The summed E-state index contributed by atoms with van der Waals surface area (Å²) in [5.74, 6) is -1.33. The fourth-order valence-electron chi connectivity index (χ4n) is 1.50. The molecule has 1 aromatic rings. The van der Waals surface area contributed by atoms with Crippen molar-refractivity contribution in [2.24, 2.45) is 0 Å². The number of benzene rings is 1. The number of nitrogens with zero attached hydrogens (tertiary/aromatic N) is 1. The zero-order valence-corrected chi connectivity index (χ0v) is 9.43. The normalized spacial score (nSPS) is 8.32. The summed E-state index contributed by atoms with van der Waals surface area (Å²) in [6, 6.07) is 6.26. The number of carbonyl (C=O) groups is 2. The van der Waals surface area contributed by atoms with Crippen LogP contribution >= 0.6 is 0 Å². The maximum atomic E-state index is 11.9. The molecule has 1 aromatic carbocycles. The number of aromatic carboxylic acids is 1. The first kappa shape index (κ1) is 22.3. The quantitative estimate of drug-likeness (QED) is 0.905. The zero-order valence-electron chi connectivity index (χ0n) is 9.43. The molecule has 0 saturated heterocycles. The van der Waals surface area contributed by atoms with Crippen LogP contribution in [0.1, 0.15) is 56.3 Å². The predicted molar refractivity (Wildman–Crippen MR) is 80.8 cm³/mol. The molecule has 1 amide bonds. The Bertz CT molecular complexity index is 402. The highest BCUT2D eigenvalue weighted by atomic mass is 16.4. The lowest BCUT2D eigenvalue weighted by Gasteiger charge is -2.17. The number of rotatable bonds is 4. The molecule has 19 heavy (non-hydrogen) atoms. The number of carbonyl (C=O) groups excluding carboxylic acids is 1. The summed E-state index contributed by atoms with van der Waals surface area (Å²) in [7, 11) is 1.67. The maximum absolute atomic E-state index is 11.9. The molecular weight excluding hydrogens is 242 g/mol. The standard InChI is InChI=1S/C12H15NO3.3CH4/c1-3-8-13(2)11(14)9-6-4-5-7-10(9)12(15)16;;;/h4-7H,3,8H2,1-2H3,(H,15,16);3*1H4. The smallest absolute Gasteiger partial charge is 0.336 e. The van der Waals surface area contributed by atoms with Crippen molar-refractivity contribution in [3.63, 3.8) is 0 Å². The van der Waals surface area contributed by atoms with Gasteiger partial charge in [0.25, 0.3) is 5.91 Å². The molecule has 0 heterocycles. The summed E-state index contributed by atoms with van der Waals surface area (Å²) >= 11 is 0. The van der Waals surface area contributed by atoms with Crippen molar-refractivity contribution in [3.8, 4) is 0 Å². The van der Waals surface area contributed by atoms with Crippen molar-refractivity contribution >= 4 is 11.9 Å². The van der Waals surface area contributed by atoms with Crippen LogP contribution in [0.3, 0.4) is 0 Å². The van der Waals surface area contributed by atoms with Gasteiger partial charge >= 0.3 is 5.97 Å². The first-order chi connectivity index (χ1) is 7.57. The van der Waals surface area contributed by atoms with Crippen LogP contribution in [0.15, 0.2) is 24.3 Å². The third-order valence-corrected chi connectivity index (χ3v) is 2.29. The molecule has 4 nitrogen and oxygen atoms in total. The van der Waals surface area contributed by atoms with Crippen LogP contribution in [0.4, 0.5) is 0 Å². The molecule has 0 atom stereocenters. The van der Waals surface area contributed by atoms with Crippen LogP contribution < -0.4 is 0 Å². The molecule has 0 aromatic heterocycles. The minimum absolute atomic E-state index is 0. The second-order valence-corrected chi connectivity index (χ2v) is 3.58. The van der Waals surface area contributed by atoms with E-state index < -0.39 is 5.97 Å². The van der Waals surface area contributed by atoms with Gasteiger partial charge in [0.15, 0.2) is 0 Å². The van der Waals surface area contributed by atoms with Crippen molar-refractivity contribution in [1.29, 1.82) is 0 Å². The molecule has 0 unspecified atom stereocenters. The van der Waals surface area contributed by atoms with Gasteiger partial charge in [-0.3, -0.25) is 4.79 Å². The first-order valence-corrected chi connectivity index (χ1v) is 5.15. The minimum atomic E-state index is -1.08. The highest BCUT2D eigenvalue weighted by Crippen LogP contribution is 2.11. The highest BCUT2D eigenvalue weighted by Gasteiger charge is 2.18. The molecule has 0 saturated carbocycles. The van der Waals surface area contributed by atoms with Gasteiger partial charge in [-0.25, -0.2) is 4.79 Å². The van der Waals surface area contributed by atoms with E-state index in [4.69, 9.17) is 5.11 Å². The Morgan fingerprint density at radius 3 is 2.00 bits per heavy atom. The largest absolute Gasteiger partial charge is 0.478 e. The molecule has 0 aliphatic heterocycles. The van der Waals surface area contributed by atoms with E-state index in [0.717, 1.165) is 6.42 Å². The third-order valence-electron chi connectivity index (χ3n) is 2.29. The third kappa shape index (κ3) is 5.55. The fourth-order valence-corrected chi connectivity index (χ4v) is 1.50. The monoisotopic (exact) mass is 269 g/mol. The average Bonchev–Trinajstić information content (AvgIpc) is 2.28. The van der Waals surface area contributed by atoms with Crippen LogP contribution in [-0.2, 0) is 0 Å². The van der Waals surface area contributed by atoms with Crippen LogP contribution in [0.25, 0.3) is 0 Å². The summed E-state index contributed by atoms with van der Waals surface area (Å²) in [5, 5.41) is 8.96. The number of hydrogen-bond acceptors (Lipinski definition) is 2. The Hall–Kier alpha value is -1.84. The Labute approximate surface area is 117 Å². The number of amides is 1. The van der Waals surface area contributed by atoms with E-state index in [1.165, 1.54) is 17.0 Å². The number of carboxylic acids is 1. The lowest BCUT2D eigenvalue weighted by Crippen LogP contribution is -2.28. The van der Waals surface area contributed by atoms with Gasteiger partial charge in [-0.15, -0.1) is 0 Å². The van der Waals surface area contributed by atoms with E-state index in [9.17, 15) is 9.59 Å². The van der Waals surface area contributed by atoms with E-state index in [-0.39, 0.29) is 39.3 Å². The van der Waals surface area contributed by atoms with Gasteiger partial charge in [-0.2, -0.15) is 0 Å². The summed E-state index contributed by atoms with van der Waals surface area (Å²) in [6.45, 7) is 2.58. The lowest BCUT2D eigenvalue weighted by atomic mass is 10.1. The Morgan fingerprint density at radius 1 is 1.11 bits per heavy atom. The zero-order chi connectivity index (χ0) is 12.1. The van der Waals surface area contributed by atoms with E-state index in [2.05, 4.69) is 0 Å². The number of hydrogen-bond donors (Lipinski definition) is 1. The molecule has 0 aliphatic rings. The van der Waals surface area contributed by atoms with Crippen LogP contribution in [0.5, 0.6) is 0 Å². The fraction of sp³-hybridized carbons (Fsp3) is 0.467. The van der Waals surface area contributed by atoms with Gasteiger partial charge in [0.2, 0.25) is 0 Å². The average molecular weight is 269 g/mol. The highest BCUT2D eigenvalue weighted by molar-refractivity contribution is 6.04. The van der Waals surface area contributed by atoms with Gasteiger partial charge < -0.3 is 10.0 Å². The Balaban J connectivity index is -0.000000853. The van der Waals surface area contributed by atoms with Gasteiger partial charge in [-0.1, -0.05) is 41.3 Å². The maximum Gasteiger partial charge on any atom is 0.336 e. The predicted octanol–water partition coefficient (Wildman–Crippen LogP) is 3.78. The summed E-state index contributed by atoms with van der Waals surface area (Å²) in [6.07, 6.45) is 0.845. The molecule has 1 rings (SSSR count). The Morgan fingerprint density at radius 2 is 1.58 bits per heavy atom. The summed E-state index contributed by atoms with van der Waals surface area (Å²) in [4.78, 5) is 24.4. The van der Waals surface area contributed by atoms with Crippen molar-refractivity contribution in [1.82, 2.24) is 4.90 Å². The molecular formula is C15H27NO3. The van der Waals surface area contributed by atoms with Gasteiger partial charge in [0.1, 0.15) is 0 Å². The van der Waals surface area contributed by atoms with E-state index in [0.29, 0.717) is 6.54 Å². The molecule has 0 bridgehead atoms. The van der Waals surface area contributed by atoms with Crippen molar-refractivity contribution < 1.29 is 14.7 Å².